The second kappa shape index (κ2) is 7.55. The van der Waals surface area contributed by atoms with Gasteiger partial charge in [0.25, 0.3) is 0 Å². The molecule has 1 unspecified atom stereocenters. The molecule has 4 heteroatoms. The number of carbonyl (C=O) groups excluding carboxylic acids is 1. The monoisotopic (exact) mass is 259 g/mol. The Kier molecular flexibility index (Phi) is 6.04. The van der Waals surface area contributed by atoms with Gasteiger partial charge in [-0.05, 0) is 24.1 Å². The van der Waals surface area contributed by atoms with Gasteiger partial charge in [0.15, 0.2) is 0 Å². The third kappa shape index (κ3) is 4.38. The standard InChI is InChI=1S/C15H21N3O/c1-3-5-14(10-17)15(19)18(2)11-13-7-4-6-12(8-13)9-16/h4,6-8,14H,3,5,10-11,17H2,1-2H3. The molecule has 0 heterocycles. The van der Waals surface area contributed by atoms with E-state index in [1.165, 1.54) is 0 Å². The lowest BCUT2D eigenvalue weighted by Gasteiger charge is -2.22. The van der Waals surface area contributed by atoms with Crippen LogP contribution in [0.2, 0.25) is 0 Å². The van der Waals surface area contributed by atoms with Crippen LogP contribution in [-0.4, -0.2) is 24.4 Å². The molecule has 102 valence electrons. The molecule has 1 aromatic rings. The van der Waals surface area contributed by atoms with Gasteiger partial charge in [-0.2, -0.15) is 5.26 Å². The Balaban J connectivity index is 2.70. The van der Waals surface area contributed by atoms with Gasteiger partial charge < -0.3 is 10.6 Å². The smallest absolute Gasteiger partial charge is 0.226 e. The van der Waals surface area contributed by atoms with Gasteiger partial charge in [-0.25, -0.2) is 0 Å². The van der Waals surface area contributed by atoms with Gasteiger partial charge in [-0.1, -0.05) is 25.5 Å². The largest absolute Gasteiger partial charge is 0.341 e. The summed E-state index contributed by atoms with van der Waals surface area (Å²) < 4.78 is 0. The van der Waals surface area contributed by atoms with E-state index < -0.39 is 0 Å². The van der Waals surface area contributed by atoms with Crippen molar-refractivity contribution in [1.29, 1.82) is 5.26 Å². The Morgan fingerprint density at radius 1 is 1.53 bits per heavy atom. The van der Waals surface area contributed by atoms with Crippen molar-refractivity contribution < 1.29 is 4.79 Å². The topological polar surface area (TPSA) is 70.1 Å². The van der Waals surface area contributed by atoms with E-state index in [0.29, 0.717) is 18.7 Å². The van der Waals surface area contributed by atoms with Crippen LogP contribution in [-0.2, 0) is 11.3 Å². The number of rotatable bonds is 6. The number of carbonyl (C=O) groups is 1. The second-order valence-electron chi connectivity index (χ2n) is 4.73. The van der Waals surface area contributed by atoms with Crippen LogP contribution in [0.3, 0.4) is 0 Å². The van der Waals surface area contributed by atoms with Gasteiger partial charge in [0, 0.05) is 20.1 Å². The van der Waals surface area contributed by atoms with Gasteiger partial charge in [0.05, 0.1) is 17.6 Å². The first-order valence-corrected chi connectivity index (χ1v) is 6.56. The van der Waals surface area contributed by atoms with E-state index in [-0.39, 0.29) is 11.8 Å². The molecular weight excluding hydrogens is 238 g/mol. The Labute approximate surface area is 114 Å². The van der Waals surface area contributed by atoms with Crippen LogP contribution in [0.25, 0.3) is 0 Å². The molecule has 0 saturated heterocycles. The summed E-state index contributed by atoms with van der Waals surface area (Å²) >= 11 is 0. The Morgan fingerprint density at radius 2 is 2.26 bits per heavy atom. The second-order valence-corrected chi connectivity index (χ2v) is 4.73. The van der Waals surface area contributed by atoms with Crippen LogP contribution in [0.1, 0.15) is 30.9 Å². The van der Waals surface area contributed by atoms with Crippen molar-refractivity contribution in [2.24, 2.45) is 11.7 Å². The molecule has 0 saturated carbocycles. The number of hydrogen-bond acceptors (Lipinski definition) is 3. The molecule has 0 bridgehead atoms. The van der Waals surface area contributed by atoms with Crippen LogP contribution < -0.4 is 5.73 Å². The molecule has 19 heavy (non-hydrogen) atoms. The fourth-order valence-corrected chi connectivity index (χ4v) is 2.09. The normalized spacial score (nSPS) is 11.7. The van der Waals surface area contributed by atoms with Crippen LogP contribution in [0, 0.1) is 17.2 Å². The van der Waals surface area contributed by atoms with Gasteiger partial charge in [0.1, 0.15) is 0 Å². The number of nitriles is 1. The first kappa shape index (κ1) is 15.2. The van der Waals surface area contributed by atoms with E-state index in [2.05, 4.69) is 6.07 Å². The Hall–Kier alpha value is -1.86. The summed E-state index contributed by atoms with van der Waals surface area (Å²) in [6, 6.07) is 9.41. The minimum Gasteiger partial charge on any atom is -0.341 e. The summed E-state index contributed by atoms with van der Waals surface area (Å²) in [4.78, 5) is 13.9. The highest BCUT2D eigenvalue weighted by molar-refractivity contribution is 5.78. The van der Waals surface area contributed by atoms with E-state index in [1.807, 2.05) is 19.1 Å². The fourth-order valence-electron chi connectivity index (χ4n) is 2.09. The quantitative estimate of drug-likeness (QED) is 0.848. The van der Waals surface area contributed by atoms with Gasteiger partial charge in [-0.15, -0.1) is 0 Å². The molecule has 0 aliphatic carbocycles. The molecule has 1 rings (SSSR count). The molecule has 0 radical (unpaired) electrons. The minimum absolute atomic E-state index is 0.0757. The molecule has 2 N–H and O–H groups in total. The predicted molar refractivity (Wildman–Crippen MR) is 75.1 cm³/mol. The third-order valence-electron chi connectivity index (χ3n) is 3.12. The van der Waals surface area contributed by atoms with E-state index in [1.54, 1.807) is 24.1 Å². The number of amides is 1. The highest BCUT2D eigenvalue weighted by Gasteiger charge is 2.19. The summed E-state index contributed by atoms with van der Waals surface area (Å²) in [6.07, 6.45) is 1.77. The highest BCUT2D eigenvalue weighted by Crippen LogP contribution is 2.12. The Morgan fingerprint density at radius 3 is 2.84 bits per heavy atom. The molecule has 0 spiro atoms. The van der Waals surface area contributed by atoms with E-state index in [9.17, 15) is 4.79 Å². The average Bonchev–Trinajstić information content (AvgIpc) is 2.44. The number of benzene rings is 1. The lowest BCUT2D eigenvalue weighted by atomic mass is 10.0. The van der Waals surface area contributed by atoms with Crippen molar-refractivity contribution in [1.82, 2.24) is 4.90 Å². The van der Waals surface area contributed by atoms with Crippen molar-refractivity contribution >= 4 is 5.91 Å². The number of hydrogen-bond donors (Lipinski definition) is 1. The summed E-state index contributed by atoms with van der Waals surface area (Å²) in [5.74, 6) is -0.0270. The lowest BCUT2D eigenvalue weighted by Crippen LogP contribution is -2.36. The van der Waals surface area contributed by atoms with Crippen molar-refractivity contribution in [2.45, 2.75) is 26.3 Å². The van der Waals surface area contributed by atoms with Crippen LogP contribution in [0.15, 0.2) is 24.3 Å². The molecule has 0 aliphatic rings. The van der Waals surface area contributed by atoms with Crippen molar-refractivity contribution in [3.05, 3.63) is 35.4 Å². The highest BCUT2D eigenvalue weighted by atomic mass is 16.2. The van der Waals surface area contributed by atoms with Crippen LogP contribution >= 0.6 is 0 Å². The Bertz CT molecular complexity index is 465. The zero-order valence-corrected chi connectivity index (χ0v) is 11.6. The van der Waals surface area contributed by atoms with Gasteiger partial charge in [-0.3, -0.25) is 4.79 Å². The fraction of sp³-hybridized carbons (Fsp3) is 0.467. The lowest BCUT2D eigenvalue weighted by molar-refractivity contribution is -0.134. The predicted octanol–water partition coefficient (Wildman–Crippen LogP) is 1.89. The third-order valence-corrected chi connectivity index (χ3v) is 3.12. The zero-order valence-electron chi connectivity index (χ0n) is 11.6. The van der Waals surface area contributed by atoms with Crippen LogP contribution in [0.4, 0.5) is 0 Å². The summed E-state index contributed by atoms with van der Waals surface area (Å²) in [5.41, 5.74) is 7.22. The molecular formula is C15H21N3O. The van der Waals surface area contributed by atoms with Crippen molar-refractivity contribution in [2.75, 3.05) is 13.6 Å². The summed E-state index contributed by atoms with van der Waals surface area (Å²) in [7, 11) is 1.78. The molecule has 0 aromatic heterocycles. The molecule has 0 fully saturated rings. The maximum atomic E-state index is 12.2. The van der Waals surface area contributed by atoms with E-state index >= 15 is 0 Å². The van der Waals surface area contributed by atoms with Crippen molar-refractivity contribution in [3.63, 3.8) is 0 Å². The van der Waals surface area contributed by atoms with E-state index in [4.69, 9.17) is 11.0 Å². The molecule has 4 nitrogen and oxygen atoms in total. The van der Waals surface area contributed by atoms with Gasteiger partial charge in [0.2, 0.25) is 5.91 Å². The maximum Gasteiger partial charge on any atom is 0.226 e. The first-order valence-electron chi connectivity index (χ1n) is 6.56. The molecule has 1 atom stereocenters. The van der Waals surface area contributed by atoms with E-state index in [0.717, 1.165) is 18.4 Å². The molecule has 0 aliphatic heterocycles. The number of nitrogens with two attached hydrogens (primary N) is 1. The number of nitrogens with zero attached hydrogens (tertiary/aromatic N) is 2. The van der Waals surface area contributed by atoms with Gasteiger partial charge >= 0.3 is 0 Å². The van der Waals surface area contributed by atoms with Crippen molar-refractivity contribution in [3.8, 4) is 6.07 Å². The average molecular weight is 259 g/mol. The summed E-state index contributed by atoms with van der Waals surface area (Å²) in [6.45, 7) is 2.94. The minimum atomic E-state index is -0.103. The van der Waals surface area contributed by atoms with Crippen LogP contribution in [0.5, 0.6) is 0 Å². The molecule has 1 amide bonds. The molecule has 1 aromatic carbocycles. The first-order chi connectivity index (χ1) is 9.12. The zero-order chi connectivity index (χ0) is 14.3. The maximum absolute atomic E-state index is 12.2. The summed E-state index contributed by atoms with van der Waals surface area (Å²) in [5, 5.41) is 8.85. The SMILES string of the molecule is CCCC(CN)C(=O)N(C)Cc1cccc(C#N)c1.